The third-order valence-corrected chi connectivity index (χ3v) is 3.91. The zero-order chi connectivity index (χ0) is 14.5. The lowest BCUT2D eigenvalue weighted by Crippen LogP contribution is -2.39. The molecule has 1 saturated heterocycles. The molecule has 0 bridgehead atoms. The minimum atomic E-state index is -0.0256. The van der Waals surface area contributed by atoms with Crippen molar-refractivity contribution in [2.45, 2.75) is 25.7 Å². The molecular formula is C15H22N4O. The Kier molecular flexibility index (Phi) is 4.61. The molecule has 20 heavy (non-hydrogen) atoms. The van der Waals surface area contributed by atoms with Gasteiger partial charge in [0.15, 0.2) is 0 Å². The second-order valence-electron chi connectivity index (χ2n) is 5.13. The van der Waals surface area contributed by atoms with Crippen LogP contribution in [0, 0.1) is 6.92 Å². The highest BCUT2D eigenvalue weighted by Crippen LogP contribution is 2.30. The molecule has 1 fully saturated rings. The van der Waals surface area contributed by atoms with Gasteiger partial charge in [-0.25, -0.2) is 0 Å². The second kappa shape index (κ2) is 6.41. The highest BCUT2D eigenvalue weighted by Gasteiger charge is 2.26. The van der Waals surface area contributed by atoms with Gasteiger partial charge in [-0.1, -0.05) is 0 Å². The number of hydrogen-bond donors (Lipinski definition) is 2. The number of likely N-dealkylation sites (tertiary alicyclic amines) is 1. The number of piperidine rings is 1. The number of hydrogen-bond acceptors (Lipinski definition) is 3. The molecule has 1 aromatic heterocycles. The molecular weight excluding hydrogens is 252 g/mol. The van der Waals surface area contributed by atoms with Gasteiger partial charge in [-0.3, -0.25) is 9.79 Å². The van der Waals surface area contributed by atoms with Crippen LogP contribution in [0.5, 0.6) is 0 Å². The van der Waals surface area contributed by atoms with E-state index in [2.05, 4.69) is 23.0 Å². The second-order valence-corrected chi connectivity index (χ2v) is 5.13. The molecule has 0 atom stereocenters. The molecule has 0 radical (unpaired) electrons. The van der Waals surface area contributed by atoms with E-state index in [9.17, 15) is 4.79 Å². The minimum absolute atomic E-state index is 0.0256. The fraction of sp³-hybridized carbons (Fsp3) is 0.467. The Balaban J connectivity index is 1.98. The maximum absolute atomic E-state index is 12.3. The molecule has 3 N–H and O–H groups in total. The Morgan fingerprint density at radius 3 is 2.70 bits per heavy atom. The lowest BCUT2D eigenvalue weighted by atomic mass is 9.89. The number of amides is 1. The van der Waals surface area contributed by atoms with E-state index in [0.29, 0.717) is 11.5 Å². The van der Waals surface area contributed by atoms with Gasteiger partial charge in [0.05, 0.1) is 5.57 Å². The van der Waals surface area contributed by atoms with Crippen LogP contribution in [0.2, 0.25) is 0 Å². The summed E-state index contributed by atoms with van der Waals surface area (Å²) < 4.78 is 0. The van der Waals surface area contributed by atoms with Crippen molar-refractivity contribution in [2.75, 3.05) is 20.1 Å². The van der Waals surface area contributed by atoms with E-state index < -0.39 is 0 Å². The van der Waals surface area contributed by atoms with Crippen molar-refractivity contribution in [3.63, 3.8) is 0 Å². The van der Waals surface area contributed by atoms with Crippen molar-refractivity contribution in [2.24, 2.45) is 10.7 Å². The molecule has 0 saturated carbocycles. The van der Waals surface area contributed by atoms with Gasteiger partial charge in [0, 0.05) is 44.4 Å². The summed E-state index contributed by atoms with van der Waals surface area (Å²) in [6.07, 6.45) is 6.81. The summed E-state index contributed by atoms with van der Waals surface area (Å²) in [6, 6.07) is 2.15. The monoisotopic (exact) mass is 274 g/mol. The molecule has 5 nitrogen and oxygen atoms in total. The van der Waals surface area contributed by atoms with Crippen LogP contribution in [-0.4, -0.2) is 42.1 Å². The van der Waals surface area contributed by atoms with Crippen molar-refractivity contribution >= 4 is 12.1 Å². The molecule has 2 rings (SSSR count). The summed E-state index contributed by atoms with van der Waals surface area (Å²) in [6.45, 7) is 3.63. The maximum atomic E-state index is 12.3. The number of carbonyl (C=O) groups excluding carboxylic acids is 1. The molecule has 5 heteroatoms. The van der Waals surface area contributed by atoms with Gasteiger partial charge < -0.3 is 15.6 Å². The van der Waals surface area contributed by atoms with E-state index in [0.717, 1.165) is 25.9 Å². The van der Waals surface area contributed by atoms with E-state index in [-0.39, 0.29) is 5.91 Å². The first-order chi connectivity index (χ1) is 9.67. The summed E-state index contributed by atoms with van der Waals surface area (Å²) in [5.74, 6) is 0.512. The quantitative estimate of drug-likeness (QED) is 0.648. The number of aliphatic imine (C=N–C) groups is 1. The van der Waals surface area contributed by atoms with Gasteiger partial charge in [0.1, 0.15) is 0 Å². The van der Waals surface area contributed by atoms with Crippen molar-refractivity contribution < 1.29 is 4.79 Å². The fourth-order valence-electron chi connectivity index (χ4n) is 2.79. The normalized spacial score (nSPS) is 17.9. The number of aromatic nitrogens is 1. The topological polar surface area (TPSA) is 74.5 Å². The summed E-state index contributed by atoms with van der Waals surface area (Å²) >= 11 is 0. The van der Waals surface area contributed by atoms with Crippen molar-refractivity contribution in [3.8, 4) is 0 Å². The van der Waals surface area contributed by atoms with Crippen LogP contribution in [0.25, 0.3) is 0 Å². The molecule has 1 aromatic rings. The molecule has 0 aromatic carbocycles. The van der Waals surface area contributed by atoms with Crippen LogP contribution in [0.4, 0.5) is 0 Å². The maximum Gasteiger partial charge on any atom is 0.256 e. The van der Waals surface area contributed by atoms with Crippen LogP contribution in [-0.2, 0) is 4.79 Å². The Morgan fingerprint density at radius 2 is 2.20 bits per heavy atom. The lowest BCUT2D eigenvalue weighted by Gasteiger charge is -2.32. The van der Waals surface area contributed by atoms with E-state index >= 15 is 0 Å². The molecule has 1 amide bonds. The first-order valence-corrected chi connectivity index (χ1v) is 6.94. The predicted molar refractivity (Wildman–Crippen MR) is 80.8 cm³/mol. The Hall–Kier alpha value is -2.04. The third-order valence-electron chi connectivity index (χ3n) is 3.91. The molecule has 108 valence electrons. The first kappa shape index (κ1) is 14.4. The molecule has 1 aliphatic heterocycles. The number of aryl methyl sites for hydroxylation is 1. The average Bonchev–Trinajstić information content (AvgIpc) is 2.90. The van der Waals surface area contributed by atoms with E-state index in [1.54, 1.807) is 7.05 Å². The van der Waals surface area contributed by atoms with Crippen LogP contribution in [0.3, 0.4) is 0 Å². The number of rotatable bonds is 3. The molecule has 2 heterocycles. The van der Waals surface area contributed by atoms with E-state index in [4.69, 9.17) is 5.73 Å². The third kappa shape index (κ3) is 2.92. The highest BCUT2D eigenvalue weighted by molar-refractivity contribution is 6.11. The van der Waals surface area contributed by atoms with Crippen LogP contribution in [0.15, 0.2) is 29.0 Å². The van der Waals surface area contributed by atoms with Crippen molar-refractivity contribution in [1.82, 2.24) is 9.88 Å². The number of nitrogens with zero attached hydrogens (tertiary/aromatic N) is 2. The number of H-pyrrole nitrogens is 1. The largest absolute Gasteiger partial charge is 0.404 e. The summed E-state index contributed by atoms with van der Waals surface area (Å²) in [5, 5.41) is 0. The van der Waals surface area contributed by atoms with Crippen molar-refractivity contribution in [1.29, 1.82) is 0 Å². The van der Waals surface area contributed by atoms with Gasteiger partial charge in [-0.2, -0.15) is 0 Å². The highest BCUT2D eigenvalue weighted by atomic mass is 16.2. The standard InChI is InChI=1S/C15H22N4O/c1-11-14(3-6-18-11)12-4-7-19(8-5-12)15(20)13(9-16)10-17-2/h3,6,9-10,12,18H,4-5,7-8,16H2,1-2H3/b13-9+,17-10?. The van der Waals surface area contributed by atoms with Gasteiger partial charge in [-0.05, 0) is 37.3 Å². The smallest absolute Gasteiger partial charge is 0.256 e. The Bertz CT molecular complexity index is 522. The molecule has 0 spiro atoms. The molecule has 1 aliphatic rings. The number of carbonyl (C=O) groups is 1. The predicted octanol–water partition coefficient (Wildman–Crippen LogP) is 1.57. The average molecular weight is 274 g/mol. The van der Waals surface area contributed by atoms with Gasteiger partial charge in [-0.15, -0.1) is 0 Å². The zero-order valence-corrected chi connectivity index (χ0v) is 12.1. The molecule has 0 unspecified atom stereocenters. The number of aromatic amines is 1. The van der Waals surface area contributed by atoms with Gasteiger partial charge in [0.25, 0.3) is 5.91 Å². The van der Waals surface area contributed by atoms with E-state index in [1.807, 2.05) is 11.1 Å². The number of nitrogens with two attached hydrogens (primary N) is 1. The summed E-state index contributed by atoms with van der Waals surface area (Å²) in [5.41, 5.74) is 8.56. The minimum Gasteiger partial charge on any atom is -0.404 e. The number of nitrogens with one attached hydrogen (secondary N) is 1. The SMILES string of the molecule is CN=C/C(=C\N)C(=O)N1CCC(c2cc[nH]c2C)CC1. The van der Waals surface area contributed by atoms with Crippen molar-refractivity contribution in [3.05, 3.63) is 35.3 Å². The Labute approximate surface area is 119 Å². The first-order valence-electron chi connectivity index (χ1n) is 6.94. The summed E-state index contributed by atoms with van der Waals surface area (Å²) in [7, 11) is 1.64. The van der Waals surface area contributed by atoms with Gasteiger partial charge in [0.2, 0.25) is 0 Å². The van der Waals surface area contributed by atoms with Crippen LogP contribution < -0.4 is 5.73 Å². The summed E-state index contributed by atoms with van der Waals surface area (Å²) in [4.78, 5) is 21.2. The Morgan fingerprint density at radius 1 is 1.50 bits per heavy atom. The fourth-order valence-corrected chi connectivity index (χ4v) is 2.79. The van der Waals surface area contributed by atoms with E-state index in [1.165, 1.54) is 23.7 Å². The van der Waals surface area contributed by atoms with Crippen LogP contribution >= 0.6 is 0 Å². The van der Waals surface area contributed by atoms with Crippen LogP contribution in [0.1, 0.15) is 30.0 Å². The lowest BCUT2D eigenvalue weighted by molar-refractivity contribution is -0.127. The molecule has 0 aliphatic carbocycles. The zero-order valence-electron chi connectivity index (χ0n) is 12.1. The van der Waals surface area contributed by atoms with Gasteiger partial charge >= 0.3 is 0 Å².